The minimum atomic E-state index is -3.41. The van der Waals surface area contributed by atoms with Crippen molar-refractivity contribution in [2.24, 2.45) is 0 Å². The van der Waals surface area contributed by atoms with Crippen LogP contribution in [0.3, 0.4) is 0 Å². The largest absolute Gasteiger partial charge is 0.497 e. The van der Waals surface area contributed by atoms with E-state index in [2.05, 4.69) is 0 Å². The summed E-state index contributed by atoms with van der Waals surface area (Å²) in [4.78, 5) is 0.303. The van der Waals surface area contributed by atoms with Crippen molar-refractivity contribution in [1.82, 2.24) is 4.31 Å². The summed E-state index contributed by atoms with van der Waals surface area (Å²) in [6.07, 6.45) is 0. The van der Waals surface area contributed by atoms with Crippen LogP contribution in [-0.2, 0) is 10.0 Å². The van der Waals surface area contributed by atoms with E-state index in [4.69, 9.17) is 4.74 Å². The second-order valence-corrected chi connectivity index (χ2v) is 6.57. The number of ether oxygens (including phenoxy) is 1. The lowest BCUT2D eigenvalue weighted by Gasteiger charge is -2.07. The van der Waals surface area contributed by atoms with Gasteiger partial charge >= 0.3 is 0 Å². The molecule has 1 aliphatic heterocycles. The standard InChI is InChI=1S/C15H15NO3S/c1-19-13-7-9-14(10-8-13)20(17,18)16-11-15(16)12-5-3-2-4-6-12/h2-10,15H,11H2,1H3/t15-,16?/m0/s1. The van der Waals surface area contributed by atoms with Gasteiger partial charge < -0.3 is 4.74 Å². The first-order valence-electron chi connectivity index (χ1n) is 6.34. The van der Waals surface area contributed by atoms with Crippen molar-refractivity contribution < 1.29 is 13.2 Å². The maximum absolute atomic E-state index is 12.5. The van der Waals surface area contributed by atoms with Gasteiger partial charge in [-0.2, -0.15) is 4.31 Å². The molecule has 3 rings (SSSR count). The summed E-state index contributed by atoms with van der Waals surface area (Å²) < 4.78 is 31.5. The molecule has 20 heavy (non-hydrogen) atoms. The molecule has 0 N–H and O–H groups in total. The zero-order chi connectivity index (χ0) is 14.2. The Morgan fingerprint density at radius 1 is 1.05 bits per heavy atom. The van der Waals surface area contributed by atoms with Gasteiger partial charge in [0.25, 0.3) is 0 Å². The molecule has 1 saturated heterocycles. The predicted molar refractivity (Wildman–Crippen MR) is 76.1 cm³/mol. The summed E-state index contributed by atoms with van der Waals surface area (Å²) in [5.74, 6) is 0.648. The Kier molecular flexibility index (Phi) is 3.23. The molecule has 2 atom stereocenters. The number of hydrogen-bond acceptors (Lipinski definition) is 3. The lowest BCUT2D eigenvalue weighted by atomic mass is 10.2. The Labute approximate surface area is 118 Å². The predicted octanol–water partition coefficient (Wildman–Crippen LogP) is 2.44. The molecular weight excluding hydrogens is 274 g/mol. The van der Waals surface area contributed by atoms with Crippen molar-refractivity contribution in [1.29, 1.82) is 0 Å². The second-order valence-electron chi connectivity index (χ2n) is 4.68. The van der Waals surface area contributed by atoms with Crippen LogP contribution < -0.4 is 4.74 Å². The van der Waals surface area contributed by atoms with Gasteiger partial charge in [-0.05, 0) is 29.8 Å². The monoisotopic (exact) mass is 289 g/mol. The number of methoxy groups -OCH3 is 1. The third-order valence-corrected chi connectivity index (χ3v) is 5.31. The van der Waals surface area contributed by atoms with Crippen LogP contribution in [0.5, 0.6) is 5.75 Å². The highest BCUT2D eigenvalue weighted by Crippen LogP contribution is 2.40. The molecule has 2 aromatic rings. The van der Waals surface area contributed by atoms with Gasteiger partial charge in [-0.1, -0.05) is 30.3 Å². The lowest BCUT2D eigenvalue weighted by Crippen LogP contribution is -2.12. The van der Waals surface area contributed by atoms with Crippen LogP contribution in [0.1, 0.15) is 11.6 Å². The van der Waals surface area contributed by atoms with Crippen molar-refractivity contribution in [3.8, 4) is 5.75 Å². The minimum absolute atomic E-state index is 0.0386. The van der Waals surface area contributed by atoms with Crippen LogP contribution in [-0.4, -0.2) is 26.4 Å². The summed E-state index contributed by atoms with van der Waals surface area (Å²) >= 11 is 0. The minimum Gasteiger partial charge on any atom is -0.497 e. The van der Waals surface area contributed by atoms with Gasteiger partial charge in [-0.25, -0.2) is 8.42 Å². The van der Waals surface area contributed by atoms with Crippen molar-refractivity contribution in [2.45, 2.75) is 10.9 Å². The molecule has 104 valence electrons. The van der Waals surface area contributed by atoms with Crippen molar-refractivity contribution in [3.05, 3.63) is 60.2 Å². The fourth-order valence-electron chi connectivity index (χ4n) is 2.22. The van der Waals surface area contributed by atoms with Crippen LogP contribution in [0.25, 0.3) is 0 Å². The lowest BCUT2D eigenvalue weighted by molar-refractivity contribution is 0.414. The number of hydrogen-bond donors (Lipinski definition) is 0. The Morgan fingerprint density at radius 2 is 1.70 bits per heavy atom. The molecule has 1 aliphatic rings. The summed E-state index contributed by atoms with van der Waals surface area (Å²) in [7, 11) is -1.86. The molecule has 0 saturated carbocycles. The number of nitrogens with zero attached hydrogens (tertiary/aromatic N) is 1. The highest BCUT2D eigenvalue weighted by molar-refractivity contribution is 7.89. The highest BCUT2D eigenvalue weighted by Gasteiger charge is 2.45. The molecule has 0 aliphatic carbocycles. The van der Waals surface area contributed by atoms with Gasteiger partial charge in [-0.3, -0.25) is 0 Å². The van der Waals surface area contributed by atoms with E-state index in [0.717, 1.165) is 5.56 Å². The molecule has 5 heteroatoms. The highest BCUT2D eigenvalue weighted by atomic mass is 32.2. The molecule has 0 radical (unpaired) electrons. The Morgan fingerprint density at radius 3 is 2.30 bits per heavy atom. The first kappa shape index (κ1) is 13.1. The third kappa shape index (κ3) is 2.30. The Bertz CT molecular complexity index is 696. The van der Waals surface area contributed by atoms with Crippen LogP contribution in [0.15, 0.2) is 59.5 Å². The maximum atomic E-state index is 12.5. The van der Waals surface area contributed by atoms with E-state index in [0.29, 0.717) is 17.2 Å². The molecule has 0 amide bonds. The number of rotatable bonds is 4. The molecule has 1 heterocycles. The smallest absolute Gasteiger partial charge is 0.243 e. The second kappa shape index (κ2) is 4.92. The van der Waals surface area contributed by atoms with Crippen molar-refractivity contribution >= 4 is 10.0 Å². The van der Waals surface area contributed by atoms with Gasteiger partial charge in [-0.15, -0.1) is 0 Å². The summed E-state index contributed by atoms with van der Waals surface area (Å²) in [6.45, 7) is 0.540. The molecule has 0 bridgehead atoms. The van der Waals surface area contributed by atoms with E-state index in [9.17, 15) is 8.42 Å². The molecule has 2 aromatic carbocycles. The number of benzene rings is 2. The van der Waals surface area contributed by atoms with E-state index in [1.165, 1.54) is 4.31 Å². The molecule has 0 aromatic heterocycles. The average molecular weight is 289 g/mol. The SMILES string of the molecule is COc1ccc(S(=O)(=O)N2C[C@H]2c2ccccc2)cc1. The van der Waals surface area contributed by atoms with Gasteiger partial charge in [0.2, 0.25) is 10.0 Å². The Balaban J connectivity index is 1.83. The van der Waals surface area contributed by atoms with E-state index in [1.54, 1.807) is 31.4 Å². The van der Waals surface area contributed by atoms with Crippen molar-refractivity contribution in [2.75, 3.05) is 13.7 Å². The van der Waals surface area contributed by atoms with Crippen molar-refractivity contribution in [3.63, 3.8) is 0 Å². The number of sulfonamides is 1. The zero-order valence-electron chi connectivity index (χ0n) is 11.1. The maximum Gasteiger partial charge on any atom is 0.243 e. The molecule has 4 nitrogen and oxygen atoms in total. The summed E-state index contributed by atoms with van der Waals surface area (Å²) in [5, 5.41) is 0. The average Bonchev–Trinajstić information content (AvgIpc) is 3.29. The van der Waals surface area contributed by atoms with Gasteiger partial charge in [0.1, 0.15) is 5.75 Å². The normalized spacial score (nSPS) is 21.4. The first-order valence-corrected chi connectivity index (χ1v) is 7.78. The topological polar surface area (TPSA) is 46.4 Å². The third-order valence-electron chi connectivity index (χ3n) is 3.42. The van der Waals surface area contributed by atoms with Gasteiger partial charge in [0.05, 0.1) is 18.0 Å². The fourth-order valence-corrected chi connectivity index (χ4v) is 3.76. The van der Waals surface area contributed by atoms with E-state index in [-0.39, 0.29) is 6.04 Å². The quantitative estimate of drug-likeness (QED) is 0.812. The van der Waals surface area contributed by atoms with Crippen LogP contribution >= 0.6 is 0 Å². The fraction of sp³-hybridized carbons (Fsp3) is 0.200. The first-order chi connectivity index (χ1) is 9.63. The van der Waals surface area contributed by atoms with Gasteiger partial charge in [0.15, 0.2) is 0 Å². The van der Waals surface area contributed by atoms with Crippen LogP contribution in [0.2, 0.25) is 0 Å². The zero-order valence-corrected chi connectivity index (χ0v) is 11.9. The summed E-state index contributed by atoms with van der Waals surface area (Å²) in [6, 6.07) is 16.1. The Hall–Kier alpha value is -1.85. The van der Waals surface area contributed by atoms with Gasteiger partial charge in [0, 0.05) is 6.54 Å². The van der Waals surface area contributed by atoms with Crippen LogP contribution in [0, 0.1) is 0 Å². The van der Waals surface area contributed by atoms with E-state index >= 15 is 0 Å². The molecular formula is C15H15NO3S. The van der Waals surface area contributed by atoms with E-state index < -0.39 is 10.0 Å². The van der Waals surface area contributed by atoms with E-state index in [1.807, 2.05) is 30.3 Å². The molecule has 1 unspecified atom stereocenters. The summed E-state index contributed by atoms with van der Waals surface area (Å²) in [5.41, 5.74) is 1.03. The van der Waals surface area contributed by atoms with Crippen LogP contribution in [0.4, 0.5) is 0 Å². The molecule has 1 fully saturated rings. The molecule has 0 spiro atoms.